The van der Waals surface area contributed by atoms with Gasteiger partial charge in [-0.2, -0.15) is 5.10 Å². The molecule has 3 aliphatic rings. The van der Waals surface area contributed by atoms with E-state index in [1.54, 1.807) is 0 Å². The molecule has 0 spiro atoms. The number of rotatable bonds is 2. The van der Waals surface area contributed by atoms with Crippen molar-refractivity contribution in [1.82, 2.24) is 0 Å². The maximum Gasteiger partial charge on any atom is 0.0737 e. The zero-order chi connectivity index (χ0) is 16.3. The van der Waals surface area contributed by atoms with Gasteiger partial charge in [-0.3, -0.25) is 5.01 Å². The molecule has 0 N–H and O–H groups in total. The van der Waals surface area contributed by atoms with Crippen molar-refractivity contribution in [2.24, 2.45) is 28.3 Å². The van der Waals surface area contributed by atoms with Gasteiger partial charge in [0, 0.05) is 5.92 Å². The van der Waals surface area contributed by atoms with E-state index in [0.717, 1.165) is 11.8 Å². The van der Waals surface area contributed by atoms with E-state index in [9.17, 15) is 0 Å². The quantitative estimate of drug-likeness (QED) is 0.764. The number of hydrogen-bond donors (Lipinski definition) is 0. The van der Waals surface area contributed by atoms with Crippen molar-refractivity contribution in [3.8, 4) is 0 Å². The van der Waals surface area contributed by atoms with Gasteiger partial charge in [0.2, 0.25) is 0 Å². The lowest BCUT2D eigenvalue weighted by Crippen LogP contribution is -2.38. The van der Waals surface area contributed by atoms with Gasteiger partial charge in [0.15, 0.2) is 0 Å². The van der Waals surface area contributed by atoms with Crippen molar-refractivity contribution in [2.45, 2.75) is 32.7 Å². The van der Waals surface area contributed by atoms with Crippen LogP contribution < -0.4 is 5.01 Å². The summed E-state index contributed by atoms with van der Waals surface area (Å²) in [7, 11) is 0. The molecule has 0 amide bonds. The molecule has 2 heteroatoms. The summed E-state index contributed by atoms with van der Waals surface area (Å²) in [5.74, 6) is 2.05. The smallest absolute Gasteiger partial charge is 0.0737 e. The first-order chi connectivity index (χ1) is 11.7. The summed E-state index contributed by atoms with van der Waals surface area (Å²) in [6.07, 6.45) is 2.70. The van der Waals surface area contributed by atoms with E-state index in [0.29, 0.717) is 17.4 Å². The van der Waals surface area contributed by atoms with E-state index < -0.39 is 0 Å². The van der Waals surface area contributed by atoms with Gasteiger partial charge in [0.1, 0.15) is 0 Å². The number of nitrogens with zero attached hydrogens (tertiary/aromatic N) is 2. The minimum atomic E-state index is 0.415. The first kappa shape index (κ1) is 14.3. The molecule has 0 radical (unpaired) electrons. The highest BCUT2D eigenvalue weighted by atomic mass is 15.5. The van der Waals surface area contributed by atoms with Crippen LogP contribution in [0.5, 0.6) is 0 Å². The molecule has 2 aromatic rings. The maximum atomic E-state index is 5.17. The summed E-state index contributed by atoms with van der Waals surface area (Å²) < 4.78 is 0. The van der Waals surface area contributed by atoms with Crippen LogP contribution in [0.3, 0.4) is 0 Å². The van der Waals surface area contributed by atoms with Gasteiger partial charge in [-0.15, -0.1) is 0 Å². The third kappa shape index (κ3) is 1.80. The normalized spacial score (nSPS) is 32.8. The van der Waals surface area contributed by atoms with Gasteiger partial charge in [0.25, 0.3) is 0 Å². The molecular formula is C22H24N2. The van der Waals surface area contributed by atoms with Crippen molar-refractivity contribution >= 4 is 11.4 Å². The molecule has 0 aromatic heterocycles. The van der Waals surface area contributed by atoms with Gasteiger partial charge in [-0.05, 0) is 47.8 Å². The van der Waals surface area contributed by atoms with Crippen LogP contribution in [0.1, 0.15) is 32.3 Å². The highest BCUT2D eigenvalue weighted by molar-refractivity contribution is 6.05. The fourth-order valence-corrected chi connectivity index (χ4v) is 5.71. The van der Waals surface area contributed by atoms with Crippen molar-refractivity contribution < 1.29 is 0 Å². The standard InChI is InChI=1S/C22H24N2/c1-22(2)17-13-14-18(22)21-19(17)20(15-9-5-3-6-10-15)23-24(21)16-11-7-4-8-12-16/h3-12,17-19,21H,13-14H2,1-2H3/t17-,18-,19-,21-/m0/s1. The Hall–Kier alpha value is -2.09. The molecule has 2 saturated carbocycles. The summed E-state index contributed by atoms with van der Waals surface area (Å²) in [6.45, 7) is 4.97. The average molecular weight is 316 g/mol. The lowest BCUT2D eigenvalue weighted by Gasteiger charge is -2.32. The van der Waals surface area contributed by atoms with Gasteiger partial charge in [-0.25, -0.2) is 0 Å². The molecule has 122 valence electrons. The van der Waals surface area contributed by atoms with Gasteiger partial charge < -0.3 is 0 Å². The van der Waals surface area contributed by atoms with E-state index >= 15 is 0 Å². The molecule has 2 fully saturated rings. The van der Waals surface area contributed by atoms with E-state index in [-0.39, 0.29) is 0 Å². The van der Waals surface area contributed by atoms with Gasteiger partial charge in [0.05, 0.1) is 17.4 Å². The number of para-hydroxylation sites is 1. The Labute approximate surface area is 144 Å². The summed E-state index contributed by atoms with van der Waals surface area (Å²) >= 11 is 0. The second-order valence-corrected chi connectivity index (χ2v) is 8.16. The van der Waals surface area contributed by atoms with Crippen LogP contribution in [-0.4, -0.2) is 11.8 Å². The molecule has 0 unspecified atom stereocenters. The third-order valence-corrected chi connectivity index (χ3v) is 6.82. The monoisotopic (exact) mass is 316 g/mol. The zero-order valence-electron chi connectivity index (χ0n) is 14.4. The zero-order valence-corrected chi connectivity index (χ0v) is 14.4. The first-order valence-corrected chi connectivity index (χ1v) is 9.16. The fourth-order valence-electron chi connectivity index (χ4n) is 5.71. The summed E-state index contributed by atoms with van der Waals surface area (Å²) in [5.41, 5.74) is 4.26. The van der Waals surface area contributed by atoms with Crippen LogP contribution in [0.2, 0.25) is 0 Å². The number of fused-ring (bicyclic) bond motifs is 5. The van der Waals surface area contributed by atoms with Crippen LogP contribution in [-0.2, 0) is 0 Å². The molecule has 24 heavy (non-hydrogen) atoms. The minimum Gasteiger partial charge on any atom is -0.261 e. The Morgan fingerprint density at radius 1 is 0.875 bits per heavy atom. The van der Waals surface area contributed by atoms with Crippen molar-refractivity contribution in [3.63, 3.8) is 0 Å². The van der Waals surface area contributed by atoms with E-state index in [1.165, 1.54) is 29.8 Å². The number of hydrogen-bond acceptors (Lipinski definition) is 2. The SMILES string of the molecule is CC1(C)[C@H]2CC[C@H]1[C@H]1[C@@H]2C(c2ccccc2)=NN1c1ccccc1. The van der Waals surface area contributed by atoms with Crippen LogP contribution >= 0.6 is 0 Å². The van der Waals surface area contributed by atoms with Crippen LogP contribution in [0, 0.1) is 23.2 Å². The van der Waals surface area contributed by atoms with E-state index in [1.807, 2.05) is 0 Å². The lowest BCUT2D eigenvalue weighted by atomic mass is 9.77. The Morgan fingerprint density at radius 2 is 1.50 bits per heavy atom. The van der Waals surface area contributed by atoms with Crippen molar-refractivity contribution in [3.05, 3.63) is 66.2 Å². The maximum absolute atomic E-state index is 5.17. The molecule has 2 nitrogen and oxygen atoms in total. The van der Waals surface area contributed by atoms with E-state index in [4.69, 9.17) is 5.10 Å². The Morgan fingerprint density at radius 3 is 2.21 bits per heavy atom. The first-order valence-electron chi connectivity index (χ1n) is 9.16. The van der Waals surface area contributed by atoms with Crippen LogP contribution in [0.4, 0.5) is 5.69 Å². The Balaban J connectivity index is 1.65. The van der Waals surface area contributed by atoms with Crippen LogP contribution in [0.25, 0.3) is 0 Å². The Kier molecular flexibility index (Phi) is 2.94. The largest absolute Gasteiger partial charge is 0.261 e. The second kappa shape index (κ2) is 4.95. The molecule has 2 bridgehead atoms. The predicted octanol–water partition coefficient (Wildman–Crippen LogP) is 4.96. The highest BCUT2D eigenvalue weighted by Crippen LogP contribution is 2.64. The molecule has 4 atom stereocenters. The molecule has 2 aliphatic carbocycles. The number of hydrazone groups is 1. The third-order valence-electron chi connectivity index (χ3n) is 6.82. The van der Waals surface area contributed by atoms with Gasteiger partial charge in [-0.1, -0.05) is 62.4 Å². The highest BCUT2D eigenvalue weighted by Gasteiger charge is 2.64. The molecule has 1 heterocycles. The average Bonchev–Trinajstić information content (AvgIpc) is 3.21. The van der Waals surface area contributed by atoms with E-state index in [2.05, 4.69) is 79.5 Å². The van der Waals surface area contributed by atoms with Crippen LogP contribution in [0.15, 0.2) is 65.8 Å². The summed E-state index contributed by atoms with van der Waals surface area (Å²) in [5, 5.41) is 7.52. The molecule has 1 aliphatic heterocycles. The summed E-state index contributed by atoms with van der Waals surface area (Å²) in [4.78, 5) is 0. The molecule has 5 rings (SSSR count). The van der Waals surface area contributed by atoms with Gasteiger partial charge >= 0.3 is 0 Å². The molecule has 2 aromatic carbocycles. The topological polar surface area (TPSA) is 15.6 Å². The summed E-state index contributed by atoms with van der Waals surface area (Å²) in [6, 6.07) is 22.1. The van der Waals surface area contributed by atoms with Crippen molar-refractivity contribution in [1.29, 1.82) is 0 Å². The second-order valence-electron chi connectivity index (χ2n) is 8.16. The molecular weight excluding hydrogens is 292 g/mol. The number of anilines is 1. The Bertz CT molecular complexity index is 778. The lowest BCUT2D eigenvalue weighted by molar-refractivity contribution is 0.246. The minimum absolute atomic E-state index is 0.415. The van der Waals surface area contributed by atoms with Crippen molar-refractivity contribution in [2.75, 3.05) is 5.01 Å². The fraction of sp³-hybridized carbons (Fsp3) is 0.409. The predicted molar refractivity (Wildman–Crippen MR) is 99.2 cm³/mol. The molecule has 0 saturated heterocycles. The number of benzene rings is 2.